The van der Waals surface area contributed by atoms with Crippen molar-refractivity contribution in [3.63, 3.8) is 0 Å². The Labute approximate surface area is 66.7 Å². The van der Waals surface area contributed by atoms with Gasteiger partial charge in [0.25, 0.3) is 0 Å². The van der Waals surface area contributed by atoms with Gasteiger partial charge in [-0.05, 0) is 19.9 Å². The highest BCUT2D eigenvalue weighted by Gasteiger charge is 1.99. The van der Waals surface area contributed by atoms with Crippen LogP contribution in [0.25, 0.3) is 0 Å². The Balaban J connectivity index is 3.04. The quantitative estimate of drug-likeness (QED) is 0.437. The lowest BCUT2D eigenvalue weighted by Crippen LogP contribution is -2.14. The van der Waals surface area contributed by atoms with Crippen molar-refractivity contribution in [2.24, 2.45) is 5.73 Å². The van der Waals surface area contributed by atoms with E-state index < -0.39 is 0 Å². The summed E-state index contributed by atoms with van der Waals surface area (Å²) in [6.45, 7) is 3.31. The van der Waals surface area contributed by atoms with Crippen LogP contribution in [0.4, 0.5) is 0 Å². The maximum atomic E-state index is 10.6. The van der Waals surface area contributed by atoms with Crippen molar-refractivity contribution >= 4 is 5.97 Å². The number of carbonyl (C=O) groups is 1. The van der Waals surface area contributed by atoms with E-state index in [-0.39, 0.29) is 12.6 Å². The van der Waals surface area contributed by atoms with Crippen molar-refractivity contribution in [1.29, 1.82) is 0 Å². The summed E-state index contributed by atoms with van der Waals surface area (Å²) in [4.78, 5) is 10.6. The lowest BCUT2D eigenvalue weighted by Gasteiger charge is -2.02. The minimum absolute atomic E-state index is 0.0356. The number of ether oxygens (including phenoxy) is 2. The summed E-state index contributed by atoms with van der Waals surface area (Å²) in [5.74, 6) is -0.315. The molecule has 0 unspecified atom stereocenters. The monoisotopic (exact) mass is 161 g/mol. The molecule has 0 aromatic heterocycles. The second-order valence-corrected chi connectivity index (χ2v) is 2.00. The normalized spacial score (nSPS) is 9.64. The van der Waals surface area contributed by atoms with Crippen LogP contribution >= 0.6 is 0 Å². The number of hydrogen-bond donors (Lipinski definition) is 1. The fourth-order valence-corrected chi connectivity index (χ4v) is 0.544. The first-order valence-corrected chi connectivity index (χ1v) is 3.74. The Hall–Kier alpha value is -0.610. The predicted molar refractivity (Wildman–Crippen MR) is 41.1 cm³/mol. The Morgan fingerprint density at radius 1 is 1.55 bits per heavy atom. The van der Waals surface area contributed by atoms with Crippen LogP contribution in [0, 0.1) is 0 Å². The standard InChI is InChI=1S/C7H15NO3/c1-2-11-7(9)6-10-5-3-4-8/h2-6,8H2,1H3. The van der Waals surface area contributed by atoms with E-state index in [0.29, 0.717) is 19.8 Å². The summed E-state index contributed by atoms with van der Waals surface area (Å²) in [6.07, 6.45) is 0.777. The van der Waals surface area contributed by atoms with Gasteiger partial charge in [-0.1, -0.05) is 0 Å². The van der Waals surface area contributed by atoms with Crippen molar-refractivity contribution in [2.45, 2.75) is 13.3 Å². The van der Waals surface area contributed by atoms with Gasteiger partial charge in [0, 0.05) is 6.61 Å². The fraction of sp³-hybridized carbons (Fsp3) is 0.857. The molecule has 0 aromatic rings. The van der Waals surface area contributed by atoms with E-state index in [2.05, 4.69) is 4.74 Å². The molecule has 0 rings (SSSR count). The van der Waals surface area contributed by atoms with Crippen LogP contribution < -0.4 is 5.73 Å². The van der Waals surface area contributed by atoms with Gasteiger partial charge in [0.2, 0.25) is 0 Å². The number of rotatable bonds is 6. The highest BCUT2D eigenvalue weighted by molar-refractivity contribution is 5.70. The third kappa shape index (κ3) is 7.29. The van der Waals surface area contributed by atoms with Gasteiger partial charge in [-0.3, -0.25) is 0 Å². The zero-order chi connectivity index (χ0) is 8.53. The largest absolute Gasteiger partial charge is 0.464 e. The van der Waals surface area contributed by atoms with Gasteiger partial charge in [-0.25, -0.2) is 4.79 Å². The maximum absolute atomic E-state index is 10.6. The van der Waals surface area contributed by atoms with E-state index in [1.54, 1.807) is 6.92 Å². The Kier molecular flexibility index (Phi) is 7.08. The Bertz CT molecular complexity index is 106. The molecular formula is C7H15NO3. The molecule has 0 aromatic carbocycles. The molecule has 0 radical (unpaired) electrons. The van der Waals surface area contributed by atoms with Crippen LogP contribution in [0.2, 0.25) is 0 Å². The summed E-state index contributed by atoms with van der Waals surface area (Å²) < 4.78 is 9.56. The van der Waals surface area contributed by atoms with Crippen molar-refractivity contribution in [1.82, 2.24) is 0 Å². The van der Waals surface area contributed by atoms with Gasteiger partial charge in [0.15, 0.2) is 0 Å². The smallest absolute Gasteiger partial charge is 0.332 e. The summed E-state index contributed by atoms with van der Waals surface area (Å²) in [7, 11) is 0. The average Bonchev–Trinajstić information content (AvgIpc) is 1.99. The Morgan fingerprint density at radius 2 is 2.27 bits per heavy atom. The number of esters is 1. The number of carbonyl (C=O) groups excluding carboxylic acids is 1. The molecule has 2 N–H and O–H groups in total. The molecule has 0 aliphatic carbocycles. The molecule has 4 nitrogen and oxygen atoms in total. The first kappa shape index (κ1) is 10.4. The number of nitrogens with two attached hydrogens (primary N) is 1. The lowest BCUT2D eigenvalue weighted by atomic mass is 10.5. The van der Waals surface area contributed by atoms with E-state index in [9.17, 15) is 4.79 Å². The first-order chi connectivity index (χ1) is 5.31. The molecule has 4 heteroatoms. The van der Waals surface area contributed by atoms with Crippen LogP contribution in [0.1, 0.15) is 13.3 Å². The molecule has 0 atom stereocenters. The van der Waals surface area contributed by atoms with Crippen molar-refractivity contribution in [3.05, 3.63) is 0 Å². The van der Waals surface area contributed by atoms with Crippen LogP contribution in [0.15, 0.2) is 0 Å². The summed E-state index contributed by atoms with van der Waals surface area (Å²) in [5, 5.41) is 0. The SMILES string of the molecule is CCOC(=O)COCCCN. The van der Waals surface area contributed by atoms with Gasteiger partial charge in [-0.2, -0.15) is 0 Å². The highest BCUT2D eigenvalue weighted by Crippen LogP contribution is 1.83. The third-order valence-electron chi connectivity index (χ3n) is 1.02. The molecule has 0 bridgehead atoms. The third-order valence-corrected chi connectivity index (χ3v) is 1.02. The van der Waals surface area contributed by atoms with Crippen molar-refractivity contribution < 1.29 is 14.3 Å². The molecule has 66 valence electrons. The molecular weight excluding hydrogens is 146 g/mol. The van der Waals surface area contributed by atoms with Crippen molar-refractivity contribution in [2.75, 3.05) is 26.4 Å². The summed E-state index contributed by atoms with van der Waals surface area (Å²) >= 11 is 0. The molecule has 11 heavy (non-hydrogen) atoms. The van der Waals surface area contributed by atoms with E-state index in [0.717, 1.165) is 6.42 Å². The topological polar surface area (TPSA) is 61.5 Å². The van der Waals surface area contributed by atoms with E-state index >= 15 is 0 Å². The molecule has 0 saturated heterocycles. The molecule has 0 aliphatic rings. The molecule has 0 amide bonds. The average molecular weight is 161 g/mol. The zero-order valence-electron chi connectivity index (χ0n) is 6.84. The second-order valence-electron chi connectivity index (χ2n) is 2.00. The minimum Gasteiger partial charge on any atom is -0.464 e. The first-order valence-electron chi connectivity index (χ1n) is 3.74. The summed E-state index contributed by atoms with van der Waals surface area (Å²) in [5.41, 5.74) is 5.21. The molecule has 0 heterocycles. The van der Waals surface area contributed by atoms with Gasteiger partial charge in [-0.15, -0.1) is 0 Å². The van der Waals surface area contributed by atoms with E-state index in [4.69, 9.17) is 10.5 Å². The maximum Gasteiger partial charge on any atom is 0.332 e. The van der Waals surface area contributed by atoms with Gasteiger partial charge in [0.05, 0.1) is 6.61 Å². The van der Waals surface area contributed by atoms with Gasteiger partial charge < -0.3 is 15.2 Å². The minimum atomic E-state index is -0.315. The van der Waals surface area contributed by atoms with E-state index in [1.165, 1.54) is 0 Å². The van der Waals surface area contributed by atoms with Gasteiger partial charge >= 0.3 is 5.97 Å². The van der Waals surface area contributed by atoms with Gasteiger partial charge in [0.1, 0.15) is 6.61 Å². The highest BCUT2D eigenvalue weighted by atomic mass is 16.6. The Morgan fingerprint density at radius 3 is 2.82 bits per heavy atom. The zero-order valence-corrected chi connectivity index (χ0v) is 6.84. The van der Waals surface area contributed by atoms with Crippen LogP contribution in [-0.4, -0.2) is 32.3 Å². The van der Waals surface area contributed by atoms with Crippen LogP contribution in [0.3, 0.4) is 0 Å². The predicted octanol–water partition coefficient (Wildman–Crippen LogP) is -0.0851. The summed E-state index contributed by atoms with van der Waals surface area (Å²) in [6, 6.07) is 0. The lowest BCUT2D eigenvalue weighted by molar-refractivity contribution is -0.148. The fourth-order valence-electron chi connectivity index (χ4n) is 0.544. The molecule has 0 fully saturated rings. The van der Waals surface area contributed by atoms with E-state index in [1.807, 2.05) is 0 Å². The van der Waals surface area contributed by atoms with Crippen LogP contribution in [-0.2, 0) is 14.3 Å². The second kappa shape index (κ2) is 7.50. The number of hydrogen-bond acceptors (Lipinski definition) is 4. The van der Waals surface area contributed by atoms with Crippen molar-refractivity contribution in [3.8, 4) is 0 Å². The molecule has 0 aliphatic heterocycles. The molecule has 0 spiro atoms. The molecule has 0 saturated carbocycles. The van der Waals surface area contributed by atoms with Crippen LogP contribution in [0.5, 0.6) is 0 Å².